The molecule has 0 aromatic carbocycles. The van der Waals surface area contributed by atoms with Gasteiger partial charge in [0.25, 0.3) is 0 Å². The summed E-state index contributed by atoms with van der Waals surface area (Å²) in [4.78, 5) is 8.76. The van der Waals surface area contributed by atoms with Gasteiger partial charge in [0.2, 0.25) is 0 Å². The fraction of sp³-hybridized carbons (Fsp3) is 0.273. The average Bonchev–Trinajstić information content (AvgIpc) is 2.65. The Morgan fingerprint density at radius 2 is 2.27 bits per heavy atom. The molecule has 4 heteroatoms. The summed E-state index contributed by atoms with van der Waals surface area (Å²) in [5, 5.41) is 4.19. The van der Waals surface area contributed by atoms with E-state index < -0.39 is 0 Å². The van der Waals surface area contributed by atoms with Gasteiger partial charge in [-0.25, -0.2) is 9.97 Å². The van der Waals surface area contributed by atoms with E-state index in [2.05, 4.69) is 27.7 Å². The first kappa shape index (κ1) is 10.3. The first-order valence-electron chi connectivity index (χ1n) is 4.86. The highest BCUT2D eigenvalue weighted by Crippen LogP contribution is 2.23. The number of aryl methyl sites for hydroxylation is 1. The van der Waals surface area contributed by atoms with Crippen molar-refractivity contribution < 1.29 is 0 Å². The quantitative estimate of drug-likeness (QED) is 0.859. The van der Waals surface area contributed by atoms with Gasteiger partial charge >= 0.3 is 0 Å². The van der Waals surface area contributed by atoms with Crippen molar-refractivity contribution in [2.45, 2.75) is 13.3 Å². The molecule has 0 bridgehead atoms. The summed E-state index contributed by atoms with van der Waals surface area (Å²) in [5.41, 5.74) is 8.86. The van der Waals surface area contributed by atoms with Crippen molar-refractivity contribution in [1.29, 1.82) is 0 Å². The Morgan fingerprint density at radius 3 is 2.93 bits per heavy atom. The number of aromatic nitrogens is 2. The van der Waals surface area contributed by atoms with E-state index in [1.165, 1.54) is 5.56 Å². The summed E-state index contributed by atoms with van der Waals surface area (Å²) >= 11 is 1.68. The topological polar surface area (TPSA) is 51.8 Å². The van der Waals surface area contributed by atoms with Crippen molar-refractivity contribution in [1.82, 2.24) is 9.97 Å². The van der Waals surface area contributed by atoms with E-state index in [0.29, 0.717) is 6.54 Å². The molecule has 0 spiro atoms. The fourth-order valence-electron chi connectivity index (χ4n) is 1.40. The molecule has 0 unspecified atom stereocenters. The Bertz CT molecular complexity index is 451. The largest absolute Gasteiger partial charge is 0.330 e. The monoisotopic (exact) mass is 219 g/mol. The van der Waals surface area contributed by atoms with Gasteiger partial charge in [0.05, 0.1) is 0 Å². The van der Waals surface area contributed by atoms with Crippen LogP contribution in [0, 0.1) is 6.92 Å². The van der Waals surface area contributed by atoms with Crippen LogP contribution in [0.15, 0.2) is 23.0 Å². The minimum atomic E-state index is 0.624. The van der Waals surface area contributed by atoms with E-state index in [-0.39, 0.29) is 0 Å². The van der Waals surface area contributed by atoms with Crippen LogP contribution in [0.4, 0.5) is 0 Å². The van der Waals surface area contributed by atoms with Gasteiger partial charge in [-0.3, -0.25) is 0 Å². The van der Waals surface area contributed by atoms with Gasteiger partial charge in [0.15, 0.2) is 5.82 Å². The average molecular weight is 219 g/mol. The smallest absolute Gasteiger partial charge is 0.160 e. The van der Waals surface area contributed by atoms with E-state index in [4.69, 9.17) is 5.73 Å². The fourth-order valence-corrected chi connectivity index (χ4v) is 2.23. The van der Waals surface area contributed by atoms with Crippen LogP contribution in [0.25, 0.3) is 11.4 Å². The maximum atomic E-state index is 5.50. The number of hydrogen-bond donors (Lipinski definition) is 1. The maximum absolute atomic E-state index is 5.50. The van der Waals surface area contributed by atoms with Crippen LogP contribution < -0.4 is 5.73 Å². The van der Waals surface area contributed by atoms with Crippen LogP contribution in [-0.2, 0) is 6.42 Å². The molecule has 0 atom stereocenters. The molecular weight excluding hydrogens is 206 g/mol. The van der Waals surface area contributed by atoms with Crippen molar-refractivity contribution in [2.24, 2.45) is 5.73 Å². The second kappa shape index (κ2) is 4.51. The zero-order valence-electron chi connectivity index (χ0n) is 8.60. The molecule has 2 aromatic rings. The Hall–Kier alpha value is -1.26. The highest BCUT2D eigenvalue weighted by atomic mass is 32.1. The molecule has 0 radical (unpaired) electrons. The lowest BCUT2D eigenvalue weighted by molar-refractivity contribution is 0.913. The zero-order chi connectivity index (χ0) is 10.7. The molecule has 2 rings (SSSR count). The summed E-state index contributed by atoms with van der Waals surface area (Å²) in [7, 11) is 0. The van der Waals surface area contributed by atoms with Gasteiger partial charge in [-0.05, 0) is 30.5 Å². The van der Waals surface area contributed by atoms with Crippen molar-refractivity contribution in [3.05, 3.63) is 34.3 Å². The third-order valence-corrected chi connectivity index (χ3v) is 3.07. The Balaban J connectivity index is 2.37. The minimum Gasteiger partial charge on any atom is -0.330 e. The molecule has 3 nitrogen and oxygen atoms in total. The van der Waals surface area contributed by atoms with Gasteiger partial charge < -0.3 is 5.73 Å². The summed E-state index contributed by atoms with van der Waals surface area (Å²) in [5.74, 6) is 0.805. The standard InChI is InChI=1S/C11H13N3S/c1-8-6-15-7-10(8)11-13-5-3-9(14-11)2-4-12/h3,5-7H,2,4,12H2,1H3. The molecule has 0 aliphatic heterocycles. The molecular formula is C11H13N3S. The summed E-state index contributed by atoms with van der Waals surface area (Å²) in [6, 6.07) is 1.91. The van der Waals surface area contributed by atoms with Crippen LogP contribution in [0.3, 0.4) is 0 Å². The first-order valence-corrected chi connectivity index (χ1v) is 5.80. The lowest BCUT2D eigenvalue weighted by Crippen LogP contribution is -2.05. The van der Waals surface area contributed by atoms with Gasteiger partial charge in [-0.2, -0.15) is 11.3 Å². The SMILES string of the molecule is Cc1cscc1-c1nccc(CCN)n1. The number of rotatable bonds is 3. The molecule has 78 valence electrons. The molecule has 0 amide bonds. The minimum absolute atomic E-state index is 0.624. The van der Waals surface area contributed by atoms with Crippen molar-refractivity contribution in [3.63, 3.8) is 0 Å². The normalized spacial score (nSPS) is 10.5. The highest BCUT2D eigenvalue weighted by Gasteiger charge is 2.06. The van der Waals surface area contributed by atoms with Crippen LogP contribution in [-0.4, -0.2) is 16.5 Å². The van der Waals surface area contributed by atoms with Gasteiger partial charge in [-0.15, -0.1) is 0 Å². The van der Waals surface area contributed by atoms with Crippen LogP contribution in [0.5, 0.6) is 0 Å². The van der Waals surface area contributed by atoms with Crippen LogP contribution >= 0.6 is 11.3 Å². The molecule has 2 N–H and O–H groups in total. The lowest BCUT2D eigenvalue weighted by Gasteiger charge is -2.01. The van der Waals surface area contributed by atoms with E-state index in [1.807, 2.05) is 6.07 Å². The molecule has 0 saturated carbocycles. The van der Waals surface area contributed by atoms with Gasteiger partial charge in [0.1, 0.15) is 0 Å². The van der Waals surface area contributed by atoms with Crippen molar-refractivity contribution >= 4 is 11.3 Å². The molecule has 0 fully saturated rings. The number of nitrogens with two attached hydrogens (primary N) is 1. The third-order valence-electron chi connectivity index (χ3n) is 2.21. The van der Waals surface area contributed by atoms with E-state index in [9.17, 15) is 0 Å². The predicted octanol–water partition coefficient (Wildman–Crippen LogP) is 2.01. The Labute approximate surface area is 93.0 Å². The second-order valence-corrected chi connectivity index (χ2v) is 4.12. The lowest BCUT2D eigenvalue weighted by atomic mass is 10.2. The van der Waals surface area contributed by atoms with Gasteiger partial charge in [-0.1, -0.05) is 0 Å². The summed E-state index contributed by atoms with van der Waals surface area (Å²) in [6.45, 7) is 2.70. The van der Waals surface area contributed by atoms with Crippen LogP contribution in [0.1, 0.15) is 11.3 Å². The van der Waals surface area contributed by atoms with E-state index in [0.717, 1.165) is 23.5 Å². The molecule has 0 saturated heterocycles. The van der Waals surface area contributed by atoms with Gasteiger partial charge in [0, 0.05) is 29.3 Å². The number of nitrogens with zero attached hydrogens (tertiary/aromatic N) is 2. The van der Waals surface area contributed by atoms with Crippen LogP contribution in [0.2, 0.25) is 0 Å². The van der Waals surface area contributed by atoms with E-state index >= 15 is 0 Å². The number of thiophene rings is 1. The van der Waals surface area contributed by atoms with E-state index in [1.54, 1.807) is 17.5 Å². The Morgan fingerprint density at radius 1 is 1.40 bits per heavy atom. The molecule has 2 heterocycles. The Kier molecular flexibility index (Phi) is 3.08. The first-order chi connectivity index (χ1) is 7.31. The van der Waals surface area contributed by atoms with Crippen molar-refractivity contribution in [3.8, 4) is 11.4 Å². The highest BCUT2D eigenvalue weighted by molar-refractivity contribution is 7.08. The predicted molar refractivity (Wildman–Crippen MR) is 62.8 cm³/mol. The number of hydrogen-bond acceptors (Lipinski definition) is 4. The zero-order valence-corrected chi connectivity index (χ0v) is 9.42. The summed E-state index contributed by atoms with van der Waals surface area (Å²) < 4.78 is 0. The summed E-state index contributed by atoms with van der Waals surface area (Å²) in [6.07, 6.45) is 2.60. The second-order valence-electron chi connectivity index (χ2n) is 3.38. The molecule has 0 aliphatic rings. The maximum Gasteiger partial charge on any atom is 0.160 e. The van der Waals surface area contributed by atoms with Crippen molar-refractivity contribution in [2.75, 3.05) is 6.54 Å². The molecule has 0 aliphatic carbocycles. The third kappa shape index (κ3) is 2.22. The molecule has 15 heavy (non-hydrogen) atoms. The molecule has 2 aromatic heterocycles.